The van der Waals surface area contributed by atoms with Gasteiger partial charge in [0.05, 0.1) is 11.0 Å². The number of benzene rings is 2. The molecule has 4 nitrogen and oxygen atoms in total. The largest absolute Gasteiger partial charge is 0.326 e. The molecular weight excluding hydrogens is 248 g/mol. The summed E-state index contributed by atoms with van der Waals surface area (Å²) in [5.74, 6) is 0.837. The summed E-state index contributed by atoms with van der Waals surface area (Å²) in [7, 11) is 2.01. The molecule has 2 heterocycles. The van der Waals surface area contributed by atoms with Crippen molar-refractivity contribution in [3.63, 3.8) is 0 Å². The number of fused-ring (bicyclic) bond motifs is 3. The predicted molar refractivity (Wildman–Crippen MR) is 79.2 cm³/mol. The molecule has 4 rings (SSSR count). The first-order valence-corrected chi connectivity index (χ1v) is 6.47. The van der Waals surface area contributed by atoms with E-state index in [1.807, 2.05) is 31.3 Å². The van der Waals surface area contributed by atoms with Crippen LogP contribution in [0, 0.1) is 0 Å². The highest BCUT2D eigenvalue weighted by Gasteiger charge is 2.12. The van der Waals surface area contributed by atoms with E-state index in [1.165, 1.54) is 5.39 Å². The van der Waals surface area contributed by atoms with E-state index in [-0.39, 0.29) is 0 Å². The Bertz CT molecular complexity index is 910. The Balaban J connectivity index is 2.10. The van der Waals surface area contributed by atoms with E-state index in [9.17, 15) is 0 Å². The Morgan fingerprint density at radius 3 is 2.70 bits per heavy atom. The summed E-state index contributed by atoms with van der Waals surface area (Å²) in [5, 5.41) is 10.4. The van der Waals surface area contributed by atoms with Crippen molar-refractivity contribution in [2.45, 2.75) is 0 Å². The zero-order chi connectivity index (χ0) is 13.5. The molecule has 0 radical (unpaired) electrons. The van der Waals surface area contributed by atoms with Crippen LogP contribution >= 0.6 is 0 Å². The fraction of sp³-hybridized carbons (Fsp3) is 0.0625. The summed E-state index contributed by atoms with van der Waals surface area (Å²) in [6, 6.07) is 16.3. The second-order valence-electron chi connectivity index (χ2n) is 4.76. The first-order chi connectivity index (χ1) is 9.84. The maximum absolute atomic E-state index is 4.77. The summed E-state index contributed by atoms with van der Waals surface area (Å²) >= 11 is 0. The summed E-state index contributed by atoms with van der Waals surface area (Å²) in [5.41, 5.74) is 2.89. The van der Waals surface area contributed by atoms with Gasteiger partial charge in [-0.15, -0.1) is 5.10 Å². The summed E-state index contributed by atoms with van der Waals surface area (Å²) < 4.78 is 2.06. The molecule has 0 bridgehead atoms. The van der Waals surface area contributed by atoms with Gasteiger partial charge in [0, 0.05) is 18.6 Å². The standard InChI is InChI=1S/C16H12N4/c1-20-14-9-8-11-5-2-3-6-12(11)15(14)18-16(20)13-7-4-10-17-19-13/h2-10H,1H3. The molecule has 0 spiro atoms. The fourth-order valence-electron chi connectivity index (χ4n) is 2.58. The Hall–Kier alpha value is -2.75. The van der Waals surface area contributed by atoms with E-state index in [1.54, 1.807) is 6.20 Å². The van der Waals surface area contributed by atoms with Gasteiger partial charge in [-0.05, 0) is 23.6 Å². The molecule has 2 aromatic heterocycles. The van der Waals surface area contributed by atoms with Crippen molar-refractivity contribution < 1.29 is 0 Å². The molecule has 0 aliphatic heterocycles. The molecule has 20 heavy (non-hydrogen) atoms. The second kappa shape index (κ2) is 4.13. The zero-order valence-corrected chi connectivity index (χ0v) is 11.0. The molecule has 0 atom stereocenters. The molecule has 2 aromatic carbocycles. The normalized spacial score (nSPS) is 11.2. The molecule has 96 valence electrons. The lowest BCUT2D eigenvalue weighted by molar-refractivity contribution is 0.930. The Morgan fingerprint density at radius 1 is 0.950 bits per heavy atom. The highest BCUT2D eigenvalue weighted by atomic mass is 15.1. The minimum atomic E-state index is 0.787. The third-order valence-electron chi connectivity index (χ3n) is 3.58. The fourth-order valence-corrected chi connectivity index (χ4v) is 2.58. The van der Waals surface area contributed by atoms with Gasteiger partial charge in [0.1, 0.15) is 5.69 Å². The highest BCUT2D eigenvalue weighted by Crippen LogP contribution is 2.28. The van der Waals surface area contributed by atoms with Crippen LogP contribution < -0.4 is 0 Å². The predicted octanol–water partition coefficient (Wildman–Crippen LogP) is 3.18. The number of nitrogens with zero attached hydrogens (tertiary/aromatic N) is 4. The second-order valence-corrected chi connectivity index (χ2v) is 4.76. The van der Waals surface area contributed by atoms with Crippen LogP contribution in [0.4, 0.5) is 0 Å². The monoisotopic (exact) mass is 260 g/mol. The summed E-state index contributed by atoms with van der Waals surface area (Å²) in [6.07, 6.45) is 1.67. The average molecular weight is 260 g/mol. The van der Waals surface area contributed by atoms with Gasteiger partial charge < -0.3 is 4.57 Å². The van der Waals surface area contributed by atoms with Crippen molar-refractivity contribution >= 4 is 21.8 Å². The lowest BCUT2D eigenvalue weighted by atomic mass is 10.1. The van der Waals surface area contributed by atoms with Gasteiger partial charge in [0.15, 0.2) is 5.82 Å². The van der Waals surface area contributed by atoms with Crippen molar-refractivity contribution in [1.82, 2.24) is 19.7 Å². The number of aromatic nitrogens is 4. The molecule has 4 aromatic rings. The van der Waals surface area contributed by atoms with Gasteiger partial charge in [-0.3, -0.25) is 0 Å². The molecule has 0 unspecified atom stereocenters. The van der Waals surface area contributed by atoms with E-state index in [4.69, 9.17) is 4.98 Å². The Kier molecular flexibility index (Phi) is 2.29. The number of hydrogen-bond acceptors (Lipinski definition) is 3. The zero-order valence-electron chi connectivity index (χ0n) is 11.0. The molecule has 0 saturated carbocycles. The van der Waals surface area contributed by atoms with Crippen LogP contribution in [0.15, 0.2) is 54.7 Å². The third-order valence-corrected chi connectivity index (χ3v) is 3.58. The van der Waals surface area contributed by atoms with Crippen LogP contribution in [0.2, 0.25) is 0 Å². The average Bonchev–Trinajstić information content (AvgIpc) is 2.86. The van der Waals surface area contributed by atoms with Crippen molar-refractivity contribution in [2.75, 3.05) is 0 Å². The smallest absolute Gasteiger partial charge is 0.161 e. The van der Waals surface area contributed by atoms with Crippen LogP contribution in [0.3, 0.4) is 0 Å². The van der Waals surface area contributed by atoms with E-state index >= 15 is 0 Å². The van der Waals surface area contributed by atoms with Crippen molar-refractivity contribution in [3.8, 4) is 11.5 Å². The third kappa shape index (κ3) is 1.51. The van der Waals surface area contributed by atoms with Crippen LogP contribution in [0.5, 0.6) is 0 Å². The molecule has 0 aliphatic rings. The van der Waals surface area contributed by atoms with Crippen LogP contribution in [0.1, 0.15) is 0 Å². The van der Waals surface area contributed by atoms with Crippen molar-refractivity contribution in [3.05, 3.63) is 54.7 Å². The summed E-state index contributed by atoms with van der Waals surface area (Å²) in [6.45, 7) is 0. The minimum Gasteiger partial charge on any atom is -0.326 e. The molecule has 0 saturated heterocycles. The Labute approximate surface area is 115 Å². The van der Waals surface area contributed by atoms with E-state index in [2.05, 4.69) is 39.0 Å². The van der Waals surface area contributed by atoms with Crippen molar-refractivity contribution in [2.24, 2.45) is 7.05 Å². The van der Waals surface area contributed by atoms with Gasteiger partial charge in [0.2, 0.25) is 0 Å². The highest BCUT2D eigenvalue weighted by molar-refractivity contribution is 6.05. The quantitative estimate of drug-likeness (QED) is 0.528. The van der Waals surface area contributed by atoms with Crippen LogP contribution in [0.25, 0.3) is 33.3 Å². The first kappa shape index (κ1) is 11.1. The lowest BCUT2D eigenvalue weighted by Gasteiger charge is -2.01. The molecule has 4 heteroatoms. The lowest BCUT2D eigenvalue weighted by Crippen LogP contribution is -1.95. The maximum Gasteiger partial charge on any atom is 0.161 e. The molecule has 0 fully saturated rings. The van der Waals surface area contributed by atoms with E-state index in [0.717, 1.165) is 27.9 Å². The molecular formula is C16H12N4. The van der Waals surface area contributed by atoms with Crippen LogP contribution in [-0.2, 0) is 7.05 Å². The first-order valence-electron chi connectivity index (χ1n) is 6.47. The summed E-state index contributed by atoms with van der Waals surface area (Å²) in [4.78, 5) is 4.77. The van der Waals surface area contributed by atoms with Crippen LogP contribution in [-0.4, -0.2) is 19.7 Å². The minimum absolute atomic E-state index is 0.787. The number of hydrogen-bond donors (Lipinski definition) is 0. The molecule has 0 aliphatic carbocycles. The van der Waals surface area contributed by atoms with Gasteiger partial charge in [-0.25, -0.2) is 4.98 Å². The van der Waals surface area contributed by atoms with Gasteiger partial charge in [0.25, 0.3) is 0 Å². The van der Waals surface area contributed by atoms with E-state index in [0.29, 0.717) is 0 Å². The van der Waals surface area contributed by atoms with E-state index < -0.39 is 0 Å². The van der Waals surface area contributed by atoms with Gasteiger partial charge >= 0.3 is 0 Å². The molecule has 0 N–H and O–H groups in total. The number of aryl methyl sites for hydroxylation is 1. The number of rotatable bonds is 1. The number of imidazole rings is 1. The van der Waals surface area contributed by atoms with Crippen molar-refractivity contribution in [1.29, 1.82) is 0 Å². The SMILES string of the molecule is Cn1c(-c2cccnn2)nc2c3ccccc3ccc21. The molecule has 0 amide bonds. The van der Waals surface area contributed by atoms with Gasteiger partial charge in [-0.1, -0.05) is 30.3 Å². The topological polar surface area (TPSA) is 43.6 Å². The van der Waals surface area contributed by atoms with Gasteiger partial charge in [-0.2, -0.15) is 5.10 Å². The maximum atomic E-state index is 4.77. The Morgan fingerprint density at radius 2 is 1.85 bits per heavy atom.